The standard InChI is InChI=1S/C26H24N4O5/c1-15-23(25(32)30(29-15)18-11-10-16-6-3-4-7-17(16)14-18)28-27-20-9-5-8-19(24(20)31)21-12-13-22(35-21)26(33)34-2/h5,8-14,27,31H,3-4,6-7H2,1-2H3. The van der Waals surface area contributed by atoms with E-state index in [0.29, 0.717) is 17.0 Å². The first-order chi connectivity index (χ1) is 17.0. The van der Waals surface area contributed by atoms with E-state index >= 15 is 0 Å². The third-order valence-corrected chi connectivity index (χ3v) is 6.15. The maximum absolute atomic E-state index is 13.1. The number of nitrogens with zero attached hydrogens (tertiary/aromatic N) is 3. The molecule has 178 valence electrons. The Morgan fingerprint density at radius 3 is 2.74 bits per heavy atom. The van der Waals surface area contributed by atoms with Gasteiger partial charge in [-0.05, 0) is 80.1 Å². The van der Waals surface area contributed by atoms with Gasteiger partial charge in [-0.25, -0.2) is 4.79 Å². The molecule has 2 N–H and O–H groups in total. The van der Waals surface area contributed by atoms with Gasteiger partial charge in [-0.2, -0.15) is 15.2 Å². The number of phenolic OH excluding ortho intramolecular Hbond substituents is 1. The van der Waals surface area contributed by atoms with E-state index in [1.807, 2.05) is 12.1 Å². The van der Waals surface area contributed by atoms with Crippen LogP contribution in [0.1, 0.15) is 41.4 Å². The molecule has 0 spiro atoms. The molecule has 9 heteroatoms. The van der Waals surface area contributed by atoms with Crippen LogP contribution in [0.4, 0.5) is 11.4 Å². The molecule has 3 aromatic rings. The summed E-state index contributed by atoms with van der Waals surface area (Å²) in [7, 11) is 1.26. The number of phenols is 1. The molecule has 0 fully saturated rings. The number of hydrogen-bond donors (Lipinski definition) is 2. The normalized spacial score (nSPS) is 16.3. The number of carbonyl (C=O) groups excluding carboxylic acids is 2. The number of methoxy groups -OCH3 is 1. The van der Waals surface area contributed by atoms with Gasteiger partial charge in [-0.3, -0.25) is 10.2 Å². The van der Waals surface area contributed by atoms with Crippen molar-refractivity contribution in [3.63, 3.8) is 0 Å². The van der Waals surface area contributed by atoms with Crippen LogP contribution < -0.4 is 10.4 Å². The molecule has 1 aliphatic carbocycles. The van der Waals surface area contributed by atoms with Gasteiger partial charge in [-0.15, -0.1) is 0 Å². The molecule has 35 heavy (non-hydrogen) atoms. The summed E-state index contributed by atoms with van der Waals surface area (Å²) in [5.41, 5.74) is 7.29. The van der Waals surface area contributed by atoms with Crippen LogP contribution in [0.5, 0.6) is 5.75 Å². The number of ether oxygens (including phenoxy) is 1. The number of fused-ring (bicyclic) bond motifs is 1. The van der Waals surface area contributed by atoms with Crippen LogP contribution in [0.15, 0.2) is 63.2 Å². The lowest BCUT2D eigenvalue weighted by atomic mass is 9.91. The second kappa shape index (κ2) is 9.09. The van der Waals surface area contributed by atoms with Crippen molar-refractivity contribution in [2.75, 3.05) is 17.5 Å². The largest absolute Gasteiger partial charge is 0.505 e. The van der Waals surface area contributed by atoms with Gasteiger partial charge in [0.1, 0.15) is 5.76 Å². The number of aryl methyl sites for hydroxylation is 2. The minimum Gasteiger partial charge on any atom is -0.505 e. The summed E-state index contributed by atoms with van der Waals surface area (Å²) in [6.07, 6.45) is 4.40. The zero-order valence-electron chi connectivity index (χ0n) is 19.4. The van der Waals surface area contributed by atoms with Crippen LogP contribution in [0.25, 0.3) is 11.3 Å². The summed E-state index contributed by atoms with van der Waals surface area (Å²) in [5.74, 6) is -0.808. The molecule has 0 bridgehead atoms. The molecule has 2 aliphatic rings. The predicted molar refractivity (Wildman–Crippen MR) is 132 cm³/mol. The lowest BCUT2D eigenvalue weighted by Crippen LogP contribution is -2.28. The van der Waals surface area contributed by atoms with Crippen molar-refractivity contribution in [3.05, 3.63) is 65.4 Å². The molecule has 0 saturated heterocycles. The fraction of sp³-hybridized carbons (Fsp3) is 0.231. The highest BCUT2D eigenvalue weighted by molar-refractivity contribution is 6.71. The summed E-state index contributed by atoms with van der Waals surface area (Å²) in [4.78, 5) is 24.8. The molecular formula is C26H24N4O5. The Labute approximate surface area is 201 Å². The summed E-state index contributed by atoms with van der Waals surface area (Å²) >= 11 is 0. The predicted octanol–water partition coefficient (Wildman–Crippen LogP) is 4.51. The Hall–Kier alpha value is -4.40. The Balaban J connectivity index is 1.37. The molecule has 5 rings (SSSR count). The number of anilines is 2. The maximum Gasteiger partial charge on any atom is 0.373 e. The maximum atomic E-state index is 13.1. The number of esters is 1. The number of furan rings is 1. The van der Waals surface area contributed by atoms with Crippen molar-refractivity contribution in [1.82, 2.24) is 0 Å². The minimum atomic E-state index is -0.616. The molecule has 1 aromatic heterocycles. The van der Waals surface area contributed by atoms with Gasteiger partial charge in [0, 0.05) is 0 Å². The van der Waals surface area contributed by atoms with E-state index in [4.69, 9.17) is 4.42 Å². The van der Waals surface area contributed by atoms with Gasteiger partial charge >= 0.3 is 11.9 Å². The van der Waals surface area contributed by atoms with Crippen LogP contribution in [0.2, 0.25) is 0 Å². The smallest absolute Gasteiger partial charge is 0.373 e. The Bertz CT molecular complexity index is 1390. The average Bonchev–Trinajstić information content (AvgIpc) is 3.47. The van der Waals surface area contributed by atoms with E-state index < -0.39 is 5.97 Å². The van der Waals surface area contributed by atoms with Gasteiger partial charge in [0.25, 0.3) is 0 Å². The lowest BCUT2D eigenvalue weighted by Gasteiger charge is -2.19. The van der Waals surface area contributed by atoms with Crippen molar-refractivity contribution >= 4 is 34.7 Å². The molecule has 9 nitrogen and oxygen atoms in total. The van der Waals surface area contributed by atoms with Crippen LogP contribution in [-0.4, -0.2) is 35.5 Å². The van der Waals surface area contributed by atoms with Crippen molar-refractivity contribution in [1.29, 1.82) is 0 Å². The number of nitrogens with one attached hydrogen (secondary N) is 1. The van der Waals surface area contributed by atoms with Crippen molar-refractivity contribution in [3.8, 4) is 17.1 Å². The highest BCUT2D eigenvalue weighted by atomic mass is 16.5. The number of hydrazone groups is 2. The summed E-state index contributed by atoms with van der Waals surface area (Å²) in [6, 6.07) is 14.0. The van der Waals surface area contributed by atoms with Crippen LogP contribution in [-0.2, 0) is 22.4 Å². The lowest BCUT2D eigenvalue weighted by molar-refractivity contribution is -0.112. The summed E-state index contributed by atoms with van der Waals surface area (Å²) in [5, 5.41) is 20.8. The SMILES string of the molecule is COC(=O)c1ccc(-c2cccc(NN=C3C(=O)N(c4ccc5c(c4)CCCC5)N=C3C)c2O)o1. The number of hydrogen-bond acceptors (Lipinski definition) is 8. The van der Waals surface area contributed by atoms with E-state index in [1.54, 1.807) is 31.2 Å². The zero-order chi connectivity index (χ0) is 24.5. The fourth-order valence-corrected chi connectivity index (χ4v) is 4.29. The van der Waals surface area contributed by atoms with Gasteiger partial charge in [-0.1, -0.05) is 12.1 Å². The molecule has 2 aromatic carbocycles. The number of rotatable bonds is 5. The van der Waals surface area contributed by atoms with Crippen LogP contribution in [0.3, 0.4) is 0 Å². The zero-order valence-corrected chi connectivity index (χ0v) is 19.4. The van der Waals surface area contributed by atoms with Crippen LogP contribution in [0, 0.1) is 0 Å². The molecule has 0 atom stereocenters. The molecule has 1 amide bonds. The van der Waals surface area contributed by atoms with Crippen molar-refractivity contribution in [2.45, 2.75) is 32.6 Å². The quantitative estimate of drug-likeness (QED) is 0.321. The first-order valence-corrected chi connectivity index (χ1v) is 11.3. The second-order valence-electron chi connectivity index (χ2n) is 8.39. The van der Waals surface area contributed by atoms with Gasteiger partial charge in [0.2, 0.25) is 5.76 Å². The fourth-order valence-electron chi connectivity index (χ4n) is 4.29. The minimum absolute atomic E-state index is 0.0196. The molecule has 0 saturated carbocycles. The van der Waals surface area contributed by atoms with E-state index in [-0.39, 0.29) is 34.6 Å². The Morgan fingerprint density at radius 1 is 1.14 bits per heavy atom. The van der Waals surface area contributed by atoms with Crippen molar-refractivity contribution in [2.24, 2.45) is 10.2 Å². The first kappa shape index (κ1) is 22.4. The molecule has 0 radical (unpaired) electrons. The molecule has 2 heterocycles. The number of carbonyl (C=O) groups is 2. The van der Waals surface area contributed by atoms with Gasteiger partial charge in [0.15, 0.2) is 11.5 Å². The third kappa shape index (κ3) is 4.16. The van der Waals surface area contributed by atoms with Gasteiger partial charge < -0.3 is 14.3 Å². The third-order valence-electron chi connectivity index (χ3n) is 6.15. The summed E-state index contributed by atoms with van der Waals surface area (Å²) in [6.45, 7) is 1.71. The number of amides is 1. The molecule has 1 aliphatic heterocycles. The van der Waals surface area contributed by atoms with Gasteiger partial charge in [0.05, 0.1) is 29.8 Å². The van der Waals surface area contributed by atoms with E-state index in [2.05, 4.69) is 26.4 Å². The summed E-state index contributed by atoms with van der Waals surface area (Å²) < 4.78 is 10.1. The number of benzene rings is 2. The topological polar surface area (TPSA) is 117 Å². The first-order valence-electron chi connectivity index (χ1n) is 11.3. The number of aromatic hydroxyl groups is 1. The molecular weight excluding hydrogens is 448 g/mol. The van der Waals surface area contributed by atoms with E-state index in [1.165, 1.54) is 35.7 Å². The highest BCUT2D eigenvalue weighted by Gasteiger charge is 2.31. The number of para-hydroxylation sites is 1. The van der Waals surface area contributed by atoms with E-state index in [9.17, 15) is 14.7 Å². The van der Waals surface area contributed by atoms with Crippen molar-refractivity contribution < 1.29 is 23.8 Å². The highest BCUT2D eigenvalue weighted by Crippen LogP contribution is 2.36. The molecule has 0 unspecified atom stereocenters. The van der Waals surface area contributed by atoms with E-state index in [0.717, 1.165) is 19.3 Å². The Kier molecular flexibility index (Phi) is 5.82. The van der Waals surface area contributed by atoms with Crippen LogP contribution >= 0.6 is 0 Å². The Morgan fingerprint density at radius 2 is 1.94 bits per heavy atom. The monoisotopic (exact) mass is 472 g/mol. The second-order valence-corrected chi connectivity index (χ2v) is 8.39. The average molecular weight is 473 g/mol.